The first-order valence-corrected chi connectivity index (χ1v) is 4.22. The summed E-state index contributed by atoms with van der Waals surface area (Å²) in [5.74, 6) is 0. The molecule has 0 bridgehead atoms. The molecule has 0 N–H and O–H groups in total. The average molecular weight is 163 g/mol. The third-order valence-corrected chi connectivity index (χ3v) is 1.48. The van der Waals surface area contributed by atoms with Gasteiger partial charge in [-0.15, -0.1) is 0 Å². The van der Waals surface area contributed by atoms with E-state index in [0.29, 0.717) is 0 Å². The van der Waals surface area contributed by atoms with Crippen LogP contribution in [0.2, 0.25) is 0 Å². The molecule has 0 aliphatic rings. The third kappa shape index (κ3) is 8.41. The van der Waals surface area contributed by atoms with E-state index in [1.807, 2.05) is 0 Å². The maximum absolute atomic E-state index is 3.86. The SMILES string of the molecule is [CH2-]CC(=[C-]CCC)CCC.[Mg+2]. The van der Waals surface area contributed by atoms with Crippen LogP contribution in [0, 0.1) is 13.0 Å². The molecule has 0 aromatic heterocycles. The van der Waals surface area contributed by atoms with Crippen molar-refractivity contribution in [2.75, 3.05) is 0 Å². The fourth-order valence-corrected chi connectivity index (χ4v) is 0.905. The van der Waals surface area contributed by atoms with Crippen molar-refractivity contribution in [1.29, 1.82) is 0 Å². The topological polar surface area (TPSA) is 0 Å². The zero-order valence-corrected chi connectivity index (χ0v) is 9.36. The van der Waals surface area contributed by atoms with Gasteiger partial charge in [-0.1, -0.05) is 33.1 Å². The molecule has 1 heteroatoms. The average Bonchev–Trinajstić information content (AvgIpc) is 1.98. The van der Waals surface area contributed by atoms with Crippen LogP contribution in [0.1, 0.15) is 46.0 Å². The summed E-state index contributed by atoms with van der Waals surface area (Å²) in [6, 6.07) is 0. The molecule has 60 valence electrons. The van der Waals surface area contributed by atoms with Crippen LogP contribution in [0.5, 0.6) is 0 Å². The van der Waals surface area contributed by atoms with Crippen LogP contribution in [-0.4, -0.2) is 23.1 Å². The van der Waals surface area contributed by atoms with E-state index in [1.165, 1.54) is 24.8 Å². The molecule has 0 radical (unpaired) electrons. The summed E-state index contributed by atoms with van der Waals surface area (Å²) in [7, 11) is 0. The summed E-state index contributed by atoms with van der Waals surface area (Å²) in [6.07, 6.45) is 9.02. The van der Waals surface area contributed by atoms with Crippen LogP contribution in [0.15, 0.2) is 5.57 Å². The first kappa shape index (κ1) is 14.1. The van der Waals surface area contributed by atoms with Crippen LogP contribution in [0.25, 0.3) is 0 Å². The molecule has 0 fully saturated rings. The Balaban J connectivity index is 0. The van der Waals surface area contributed by atoms with Crippen molar-refractivity contribution in [2.45, 2.75) is 46.0 Å². The van der Waals surface area contributed by atoms with Crippen LogP contribution in [0.3, 0.4) is 0 Å². The van der Waals surface area contributed by atoms with Crippen LogP contribution in [-0.2, 0) is 0 Å². The summed E-state index contributed by atoms with van der Waals surface area (Å²) in [5, 5.41) is 0. The molecule has 11 heavy (non-hydrogen) atoms. The minimum Gasteiger partial charge on any atom is -0.500 e. The predicted molar refractivity (Wildman–Crippen MR) is 52.3 cm³/mol. The first-order chi connectivity index (χ1) is 4.85. The zero-order chi connectivity index (χ0) is 7.82. The third-order valence-electron chi connectivity index (χ3n) is 1.48. The van der Waals surface area contributed by atoms with Gasteiger partial charge in [0.25, 0.3) is 0 Å². The molecular weight excluding hydrogens is 144 g/mol. The molecule has 0 spiro atoms. The Morgan fingerprint density at radius 3 is 2.27 bits per heavy atom. The van der Waals surface area contributed by atoms with Crippen LogP contribution >= 0.6 is 0 Å². The van der Waals surface area contributed by atoms with E-state index in [1.54, 1.807) is 0 Å². The van der Waals surface area contributed by atoms with E-state index in [-0.39, 0.29) is 23.1 Å². The Hall–Kier alpha value is 0.506. The number of hydrogen-bond acceptors (Lipinski definition) is 0. The normalized spacial score (nSPS) is 11.0. The van der Waals surface area contributed by atoms with Gasteiger partial charge in [0.2, 0.25) is 0 Å². The van der Waals surface area contributed by atoms with Gasteiger partial charge in [-0.05, 0) is 0 Å². The van der Waals surface area contributed by atoms with Gasteiger partial charge in [-0.2, -0.15) is 12.8 Å². The van der Waals surface area contributed by atoms with E-state index in [2.05, 4.69) is 26.8 Å². The summed E-state index contributed by atoms with van der Waals surface area (Å²) < 4.78 is 0. The standard InChI is InChI=1S/C10H18.Mg/c1-4-7-9-10(6-3)8-5-2;/h3-8H2,1-2H3;/q-2;+2. The zero-order valence-electron chi connectivity index (χ0n) is 7.95. The second-order valence-corrected chi connectivity index (χ2v) is 2.53. The minimum absolute atomic E-state index is 0. The van der Waals surface area contributed by atoms with Gasteiger partial charge < -0.3 is 13.0 Å². The summed E-state index contributed by atoms with van der Waals surface area (Å²) >= 11 is 0. The van der Waals surface area contributed by atoms with Gasteiger partial charge in [0, 0.05) is 0 Å². The van der Waals surface area contributed by atoms with Crippen LogP contribution < -0.4 is 0 Å². The van der Waals surface area contributed by atoms with Gasteiger partial charge in [0.1, 0.15) is 0 Å². The molecule has 0 saturated carbocycles. The molecule has 0 heterocycles. The first-order valence-electron chi connectivity index (χ1n) is 4.22. The van der Waals surface area contributed by atoms with Crippen molar-refractivity contribution in [3.8, 4) is 0 Å². The van der Waals surface area contributed by atoms with E-state index in [0.717, 1.165) is 12.8 Å². The number of rotatable bonds is 5. The predicted octanol–water partition coefficient (Wildman–Crippen LogP) is 3.16. The molecule has 0 aliphatic carbocycles. The Morgan fingerprint density at radius 1 is 1.27 bits per heavy atom. The Bertz CT molecular complexity index is 95.0. The Morgan fingerprint density at radius 2 is 1.91 bits per heavy atom. The Kier molecular flexibility index (Phi) is 13.4. The van der Waals surface area contributed by atoms with Crippen molar-refractivity contribution in [3.05, 3.63) is 18.6 Å². The molecule has 0 atom stereocenters. The minimum atomic E-state index is 0. The second-order valence-electron chi connectivity index (χ2n) is 2.53. The largest absolute Gasteiger partial charge is 2.00 e. The fraction of sp³-hybridized carbons (Fsp3) is 0.700. The van der Waals surface area contributed by atoms with Gasteiger partial charge in [0.05, 0.1) is 0 Å². The van der Waals surface area contributed by atoms with Gasteiger partial charge in [0.15, 0.2) is 0 Å². The van der Waals surface area contributed by atoms with E-state index in [4.69, 9.17) is 0 Å². The maximum atomic E-state index is 3.86. The quantitative estimate of drug-likeness (QED) is 0.430. The van der Waals surface area contributed by atoms with Crippen molar-refractivity contribution in [2.24, 2.45) is 0 Å². The molecule has 0 unspecified atom stereocenters. The van der Waals surface area contributed by atoms with E-state index in [9.17, 15) is 0 Å². The monoisotopic (exact) mass is 162 g/mol. The van der Waals surface area contributed by atoms with Crippen LogP contribution in [0.4, 0.5) is 0 Å². The molecule has 0 aromatic carbocycles. The molecule has 0 saturated heterocycles. The van der Waals surface area contributed by atoms with E-state index >= 15 is 0 Å². The van der Waals surface area contributed by atoms with Gasteiger partial charge in [-0.25, -0.2) is 0 Å². The molecule has 0 rings (SSSR count). The Labute approximate surface area is 87.6 Å². The second kappa shape index (κ2) is 10.5. The van der Waals surface area contributed by atoms with Crippen molar-refractivity contribution >= 4 is 23.1 Å². The molecular formula is C10H18Mg. The summed E-state index contributed by atoms with van der Waals surface area (Å²) in [5.41, 5.74) is 1.41. The molecule has 0 amide bonds. The van der Waals surface area contributed by atoms with Gasteiger partial charge in [-0.3, -0.25) is 5.57 Å². The summed E-state index contributed by atoms with van der Waals surface area (Å²) in [6.45, 7) is 8.24. The summed E-state index contributed by atoms with van der Waals surface area (Å²) in [4.78, 5) is 0. The molecule has 0 aliphatic heterocycles. The smallest absolute Gasteiger partial charge is 0.500 e. The van der Waals surface area contributed by atoms with Gasteiger partial charge >= 0.3 is 23.1 Å². The maximum Gasteiger partial charge on any atom is 2.00 e. The van der Waals surface area contributed by atoms with Crippen molar-refractivity contribution in [3.63, 3.8) is 0 Å². The molecule has 0 nitrogen and oxygen atoms in total. The van der Waals surface area contributed by atoms with Crippen molar-refractivity contribution < 1.29 is 0 Å². The molecule has 0 aromatic rings. The number of allylic oxidation sites excluding steroid dienone is 2. The fourth-order valence-electron chi connectivity index (χ4n) is 0.905. The number of unbranched alkanes of at least 4 members (excludes halogenated alkanes) is 1. The van der Waals surface area contributed by atoms with Crippen molar-refractivity contribution in [1.82, 2.24) is 0 Å². The van der Waals surface area contributed by atoms with E-state index < -0.39 is 0 Å². The number of hydrogen-bond donors (Lipinski definition) is 0.